The Bertz CT molecular complexity index is 338. The number of hydrogen-bond donors (Lipinski definition) is 2. The Kier molecular flexibility index (Phi) is 8.76. The Balaban J connectivity index is 1.74. The molecule has 2 fully saturated rings. The van der Waals surface area contributed by atoms with Crippen LogP contribution in [0, 0.1) is 0 Å². The number of hydrogen-bond acceptors (Lipinski definition) is 3. The summed E-state index contributed by atoms with van der Waals surface area (Å²) in [6, 6.07) is 0.631. The Morgan fingerprint density at radius 1 is 1.00 bits per heavy atom. The second kappa shape index (κ2) is 10.9. The second-order valence-electron chi connectivity index (χ2n) is 6.83. The number of likely N-dealkylation sites (N-methyl/N-ethyl adjacent to an activating group) is 1. The molecule has 134 valence electrons. The number of rotatable bonds is 7. The van der Waals surface area contributed by atoms with Crippen LogP contribution in [0.4, 0.5) is 0 Å². The summed E-state index contributed by atoms with van der Waals surface area (Å²) >= 11 is 0. The normalized spacial score (nSPS) is 24.6. The maximum atomic E-state index is 4.85. The highest BCUT2D eigenvalue weighted by Gasteiger charge is 2.20. The van der Waals surface area contributed by atoms with Gasteiger partial charge in [0.25, 0.3) is 0 Å². The molecular weight excluding hydrogens is 286 g/mol. The van der Waals surface area contributed by atoms with Gasteiger partial charge < -0.3 is 15.5 Å². The van der Waals surface area contributed by atoms with E-state index in [9.17, 15) is 0 Å². The van der Waals surface area contributed by atoms with Crippen LogP contribution in [0.1, 0.15) is 52.4 Å². The topological polar surface area (TPSA) is 42.9 Å². The zero-order valence-electron chi connectivity index (χ0n) is 15.3. The van der Waals surface area contributed by atoms with Crippen LogP contribution in [0.15, 0.2) is 4.99 Å². The van der Waals surface area contributed by atoms with Crippen LogP contribution in [0.25, 0.3) is 0 Å². The van der Waals surface area contributed by atoms with Gasteiger partial charge in [0.05, 0.1) is 6.54 Å². The fourth-order valence-electron chi connectivity index (χ4n) is 3.74. The molecule has 2 aliphatic rings. The van der Waals surface area contributed by atoms with E-state index in [0.717, 1.165) is 38.7 Å². The Morgan fingerprint density at radius 3 is 2.52 bits per heavy atom. The molecule has 0 radical (unpaired) electrons. The first-order valence-corrected chi connectivity index (χ1v) is 9.82. The van der Waals surface area contributed by atoms with Crippen molar-refractivity contribution >= 4 is 5.96 Å². The van der Waals surface area contributed by atoms with Gasteiger partial charge in [-0.25, -0.2) is 0 Å². The lowest BCUT2D eigenvalue weighted by Gasteiger charge is -2.34. The van der Waals surface area contributed by atoms with Crippen molar-refractivity contribution in [2.24, 2.45) is 4.99 Å². The van der Waals surface area contributed by atoms with Gasteiger partial charge in [-0.1, -0.05) is 19.8 Å². The van der Waals surface area contributed by atoms with Gasteiger partial charge in [-0.2, -0.15) is 0 Å². The van der Waals surface area contributed by atoms with Crippen molar-refractivity contribution in [3.05, 3.63) is 0 Å². The minimum atomic E-state index is 0.631. The molecule has 2 rings (SSSR count). The smallest absolute Gasteiger partial charge is 0.191 e. The predicted molar refractivity (Wildman–Crippen MR) is 99.2 cm³/mol. The molecule has 0 spiro atoms. The van der Waals surface area contributed by atoms with Crippen LogP contribution in [0.3, 0.4) is 0 Å². The van der Waals surface area contributed by atoms with E-state index in [-0.39, 0.29) is 0 Å². The molecular formula is C18H37N5. The molecule has 0 aromatic rings. The molecule has 0 amide bonds. The van der Waals surface area contributed by atoms with Crippen molar-refractivity contribution < 1.29 is 0 Å². The zero-order valence-corrected chi connectivity index (χ0v) is 15.3. The molecule has 0 aromatic heterocycles. The van der Waals surface area contributed by atoms with Crippen LogP contribution in [0.2, 0.25) is 0 Å². The molecule has 0 saturated carbocycles. The molecule has 1 atom stereocenters. The third-order valence-electron chi connectivity index (χ3n) is 5.13. The molecule has 2 N–H and O–H groups in total. The Labute approximate surface area is 142 Å². The summed E-state index contributed by atoms with van der Waals surface area (Å²) in [5, 5.41) is 6.91. The lowest BCUT2D eigenvalue weighted by Crippen LogP contribution is -2.45. The van der Waals surface area contributed by atoms with Gasteiger partial charge in [0.1, 0.15) is 0 Å². The van der Waals surface area contributed by atoms with Crippen molar-refractivity contribution in [2.45, 2.75) is 58.4 Å². The van der Waals surface area contributed by atoms with Gasteiger partial charge in [-0.3, -0.25) is 9.89 Å². The van der Waals surface area contributed by atoms with Crippen LogP contribution < -0.4 is 10.6 Å². The quantitative estimate of drug-likeness (QED) is 0.555. The van der Waals surface area contributed by atoms with E-state index in [1.807, 2.05) is 0 Å². The highest BCUT2D eigenvalue weighted by atomic mass is 15.2. The summed E-state index contributed by atoms with van der Waals surface area (Å²) in [5.74, 6) is 0.992. The number of nitrogens with one attached hydrogen (secondary N) is 2. The SMILES string of the molecule is CCNC(=NCC1CCCCN1CC)NCCN1CCCCC1. The summed E-state index contributed by atoms with van der Waals surface area (Å²) in [7, 11) is 0. The standard InChI is InChI=1S/C18H37N5/c1-3-19-18(20-11-15-22-12-7-5-8-13-22)21-16-17-10-6-9-14-23(17)4-2/h17H,3-16H2,1-2H3,(H2,19,20,21). The molecule has 5 nitrogen and oxygen atoms in total. The maximum Gasteiger partial charge on any atom is 0.191 e. The van der Waals surface area contributed by atoms with E-state index in [2.05, 4.69) is 34.3 Å². The molecule has 2 saturated heterocycles. The van der Waals surface area contributed by atoms with Crippen LogP contribution in [0.5, 0.6) is 0 Å². The summed E-state index contributed by atoms with van der Waals surface area (Å²) in [6.45, 7) is 13.3. The monoisotopic (exact) mass is 323 g/mol. The van der Waals surface area contributed by atoms with E-state index in [1.165, 1.54) is 58.2 Å². The maximum absolute atomic E-state index is 4.85. The van der Waals surface area contributed by atoms with Gasteiger partial charge in [-0.15, -0.1) is 0 Å². The number of aliphatic imine (C=N–C) groups is 1. The first-order valence-electron chi connectivity index (χ1n) is 9.82. The van der Waals surface area contributed by atoms with E-state index in [4.69, 9.17) is 4.99 Å². The van der Waals surface area contributed by atoms with Crippen molar-refractivity contribution in [1.82, 2.24) is 20.4 Å². The largest absolute Gasteiger partial charge is 0.357 e. The summed E-state index contributed by atoms with van der Waals surface area (Å²) < 4.78 is 0. The Morgan fingerprint density at radius 2 is 1.78 bits per heavy atom. The van der Waals surface area contributed by atoms with Crippen molar-refractivity contribution in [2.75, 3.05) is 52.4 Å². The summed E-state index contributed by atoms with van der Waals surface area (Å²) in [4.78, 5) is 10.0. The molecule has 1 unspecified atom stereocenters. The fourth-order valence-corrected chi connectivity index (χ4v) is 3.74. The van der Waals surface area contributed by atoms with Gasteiger partial charge in [0.15, 0.2) is 5.96 Å². The molecule has 5 heteroatoms. The van der Waals surface area contributed by atoms with Crippen molar-refractivity contribution in [3.8, 4) is 0 Å². The summed E-state index contributed by atoms with van der Waals surface area (Å²) in [6.07, 6.45) is 8.14. The van der Waals surface area contributed by atoms with Crippen molar-refractivity contribution in [1.29, 1.82) is 0 Å². The molecule has 0 aromatic carbocycles. The third kappa shape index (κ3) is 6.68. The van der Waals surface area contributed by atoms with E-state index >= 15 is 0 Å². The van der Waals surface area contributed by atoms with E-state index in [0.29, 0.717) is 6.04 Å². The summed E-state index contributed by atoms with van der Waals surface area (Å²) in [5.41, 5.74) is 0. The van der Waals surface area contributed by atoms with Crippen LogP contribution in [-0.4, -0.2) is 74.2 Å². The highest BCUT2D eigenvalue weighted by Crippen LogP contribution is 2.16. The molecule has 2 aliphatic heterocycles. The van der Waals surface area contributed by atoms with Gasteiger partial charge >= 0.3 is 0 Å². The lowest BCUT2D eigenvalue weighted by atomic mass is 10.0. The number of piperidine rings is 2. The minimum absolute atomic E-state index is 0.631. The highest BCUT2D eigenvalue weighted by molar-refractivity contribution is 5.79. The number of likely N-dealkylation sites (tertiary alicyclic amines) is 2. The second-order valence-corrected chi connectivity index (χ2v) is 6.83. The first kappa shape index (κ1) is 18.5. The zero-order chi connectivity index (χ0) is 16.3. The minimum Gasteiger partial charge on any atom is -0.357 e. The molecule has 2 heterocycles. The van der Waals surface area contributed by atoms with Crippen LogP contribution >= 0.6 is 0 Å². The number of guanidine groups is 1. The van der Waals surface area contributed by atoms with E-state index in [1.54, 1.807) is 0 Å². The molecule has 0 bridgehead atoms. The third-order valence-corrected chi connectivity index (χ3v) is 5.13. The average Bonchev–Trinajstić information content (AvgIpc) is 2.61. The van der Waals surface area contributed by atoms with Gasteiger partial charge in [0.2, 0.25) is 0 Å². The molecule has 0 aliphatic carbocycles. The van der Waals surface area contributed by atoms with E-state index < -0.39 is 0 Å². The first-order chi connectivity index (χ1) is 11.3. The van der Waals surface area contributed by atoms with Crippen molar-refractivity contribution in [3.63, 3.8) is 0 Å². The van der Waals surface area contributed by atoms with Gasteiger partial charge in [0, 0.05) is 25.7 Å². The number of nitrogens with zero attached hydrogens (tertiary/aromatic N) is 3. The lowest BCUT2D eigenvalue weighted by molar-refractivity contribution is 0.161. The Hall–Kier alpha value is -0.810. The average molecular weight is 324 g/mol. The van der Waals surface area contributed by atoms with Crippen LogP contribution in [-0.2, 0) is 0 Å². The molecule has 23 heavy (non-hydrogen) atoms. The fraction of sp³-hybridized carbons (Fsp3) is 0.944. The van der Waals surface area contributed by atoms with Gasteiger partial charge in [-0.05, 0) is 58.8 Å². The predicted octanol–water partition coefficient (Wildman–Crippen LogP) is 1.90.